The first-order valence-corrected chi connectivity index (χ1v) is 6.37. The quantitative estimate of drug-likeness (QED) is 0.635. The highest BCUT2D eigenvalue weighted by Crippen LogP contribution is 2.21. The molecule has 19 heavy (non-hydrogen) atoms. The van der Waals surface area contributed by atoms with Gasteiger partial charge in [0.2, 0.25) is 5.91 Å². The maximum Gasteiger partial charge on any atom is 0.269 e. The van der Waals surface area contributed by atoms with Crippen LogP contribution >= 0.6 is 11.3 Å². The molecule has 0 saturated heterocycles. The lowest BCUT2D eigenvalue weighted by atomic mass is 10.2. The molecule has 0 fully saturated rings. The topological polar surface area (TPSA) is 76.3 Å². The summed E-state index contributed by atoms with van der Waals surface area (Å²) in [6.07, 6.45) is 1.61. The van der Waals surface area contributed by atoms with Crippen LogP contribution in [0, 0.1) is 10.1 Å². The Kier molecular flexibility index (Phi) is 3.86. The normalized spacial score (nSPS) is 10.2. The number of carbonyl (C=O) groups is 1. The molecule has 1 aromatic heterocycles. The number of thiazole rings is 1. The number of amides is 1. The second kappa shape index (κ2) is 5.57. The van der Waals surface area contributed by atoms with Crippen LogP contribution in [-0.4, -0.2) is 15.8 Å². The SMILES string of the molecule is CC(=O)N(Cc1cccc([N+](=O)[O-])c1)c1nccs1. The van der Waals surface area contributed by atoms with Gasteiger partial charge in [0.1, 0.15) is 0 Å². The van der Waals surface area contributed by atoms with E-state index >= 15 is 0 Å². The molecule has 1 heterocycles. The maximum absolute atomic E-state index is 11.6. The Bertz CT molecular complexity index is 598. The molecule has 2 rings (SSSR count). The Morgan fingerprint density at radius 3 is 2.89 bits per heavy atom. The van der Waals surface area contributed by atoms with Crippen molar-refractivity contribution in [1.82, 2.24) is 4.98 Å². The fourth-order valence-corrected chi connectivity index (χ4v) is 2.30. The average molecular weight is 277 g/mol. The fraction of sp³-hybridized carbons (Fsp3) is 0.167. The Labute approximate surface area is 113 Å². The van der Waals surface area contributed by atoms with Crippen molar-refractivity contribution in [1.29, 1.82) is 0 Å². The number of rotatable bonds is 4. The molecular weight excluding hydrogens is 266 g/mol. The number of benzene rings is 1. The number of hydrogen-bond donors (Lipinski definition) is 0. The first-order valence-electron chi connectivity index (χ1n) is 5.49. The van der Waals surface area contributed by atoms with Gasteiger partial charge in [0, 0.05) is 30.6 Å². The van der Waals surface area contributed by atoms with Crippen LogP contribution in [0.25, 0.3) is 0 Å². The molecular formula is C12H11N3O3S. The van der Waals surface area contributed by atoms with Crippen LogP contribution in [0.2, 0.25) is 0 Å². The van der Waals surface area contributed by atoms with Gasteiger partial charge in [-0.1, -0.05) is 12.1 Å². The molecule has 0 aliphatic rings. The van der Waals surface area contributed by atoms with E-state index in [1.807, 2.05) is 0 Å². The van der Waals surface area contributed by atoms with E-state index in [4.69, 9.17) is 0 Å². The van der Waals surface area contributed by atoms with Gasteiger partial charge in [0.05, 0.1) is 11.5 Å². The van der Waals surface area contributed by atoms with Crippen molar-refractivity contribution in [3.63, 3.8) is 0 Å². The third-order valence-electron chi connectivity index (χ3n) is 2.49. The van der Waals surface area contributed by atoms with Gasteiger partial charge in [-0.25, -0.2) is 4.98 Å². The predicted octanol–water partition coefficient (Wildman–Crippen LogP) is 2.60. The molecule has 0 saturated carbocycles. The summed E-state index contributed by atoms with van der Waals surface area (Å²) in [6.45, 7) is 1.71. The van der Waals surface area contributed by atoms with E-state index in [-0.39, 0.29) is 18.1 Å². The lowest BCUT2D eigenvalue weighted by molar-refractivity contribution is -0.384. The summed E-state index contributed by atoms with van der Waals surface area (Å²) < 4.78 is 0. The highest BCUT2D eigenvalue weighted by molar-refractivity contribution is 7.13. The molecule has 0 N–H and O–H groups in total. The van der Waals surface area contributed by atoms with E-state index in [9.17, 15) is 14.9 Å². The lowest BCUT2D eigenvalue weighted by Gasteiger charge is -2.17. The summed E-state index contributed by atoms with van der Waals surface area (Å²) >= 11 is 1.35. The zero-order valence-electron chi connectivity index (χ0n) is 10.1. The summed E-state index contributed by atoms with van der Waals surface area (Å²) in [5, 5.41) is 13.1. The smallest absolute Gasteiger partial charge is 0.269 e. The van der Waals surface area contributed by atoms with E-state index < -0.39 is 4.92 Å². The van der Waals surface area contributed by atoms with E-state index in [0.717, 1.165) is 0 Å². The monoisotopic (exact) mass is 277 g/mol. The fourth-order valence-electron chi connectivity index (χ4n) is 1.61. The number of non-ortho nitro benzene ring substituents is 1. The molecule has 1 amide bonds. The van der Waals surface area contributed by atoms with Gasteiger partial charge < -0.3 is 0 Å². The van der Waals surface area contributed by atoms with Gasteiger partial charge in [-0.05, 0) is 5.56 Å². The summed E-state index contributed by atoms with van der Waals surface area (Å²) in [7, 11) is 0. The molecule has 7 heteroatoms. The second-order valence-corrected chi connectivity index (χ2v) is 4.72. The van der Waals surface area contributed by atoms with Gasteiger partial charge >= 0.3 is 0 Å². The number of nitro groups is 1. The molecule has 0 atom stereocenters. The van der Waals surface area contributed by atoms with Crippen molar-refractivity contribution in [2.24, 2.45) is 0 Å². The molecule has 0 unspecified atom stereocenters. The Morgan fingerprint density at radius 1 is 1.53 bits per heavy atom. The van der Waals surface area contributed by atoms with Gasteiger partial charge in [-0.3, -0.25) is 19.8 Å². The number of nitro benzene ring substituents is 1. The van der Waals surface area contributed by atoms with Crippen LogP contribution in [0.4, 0.5) is 10.8 Å². The summed E-state index contributed by atoms with van der Waals surface area (Å²) in [4.78, 5) is 27.5. The Balaban J connectivity index is 2.25. The maximum atomic E-state index is 11.6. The predicted molar refractivity (Wildman–Crippen MR) is 72.1 cm³/mol. The number of aromatic nitrogens is 1. The first kappa shape index (κ1) is 13.2. The summed E-state index contributed by atoms with van der Waals surface area (Å²) in [5.74, 6) is -0.151. The van der Waals surface area contributed by atoms with E-state index in [0.29, 0.717) is 10.7 Å². The molecule has 0 radical (unpaired) electrons. The molecule has 0 spiro atoms. The third kappa shape index (κ3) is 3.14. The third-order valence-corrected chi connectivity index (χ3v) is 3.29. The summed E-state index contributed by atoms with van der Waals surface area (Å²) in [6, 6.07) is 6.23. The van der Waals surface area contributed by atoms with Crippen molar-refractivity contribution in [2.75, 3.05) is 4.90 Å². The van der Waals surface area contributed by atoms with Crippen molar-refractivity contribution < 1.29 is 9.72 Å². The van der Waals surface area contributed by atoms with Gasteiger partial charge in [-0.15, -0.1) is 11.3 Å². The standard InChI is InChI=1S/C12H11N3O3S/c1-9(16)14(12-13-5-6-19-12)8-10-3-2-4-11(7-10)15(17)18/h2-7H,8H2,1H3. The van der Waals surface area contributed by atoms with Crippen LogP contribution in [0.15, 0.2) is 35.8 Å². The lowest BCUT2D eigenvalue weighted by Crippen LogP contribution is -2.27. The van der Waals surface area contributed by atoms with Crippen LogP contribution in [0.5, 0.6) is 0 Å². The van der Waals surface area contributed by atoms with Crippen LogP contribution in [0.3, 0.4) is 0 Å². The van der Waals surface area contributed by atoms with E-state index in [1.54, 1.807) is 23.7 Å². The number of nitrogens with zero attached hydrogens (tertiary/aromatic N) is 3. The van der Waals surface area contributed by atoms with Crippen LogP contribution in [-0.2, 0) is 11.3 Å². The minimum atomic E-state index is -0.453. The Morgan fingerprint density at radius 2 is 2.32 bits per heavy atom. The molecule has 0 bridgehead atoms. The minimum absolute atomic E-state index is 0.0140. The average Bonchev–Trinajstić information content (AvgIpc) is 2.89. The van der Waals surface area contributed by atoms with Crippen molar-refractivity contribution in [3.05, 3.63) is 51.5 Å². The zero-order valence-corrected chi connectivity index (χ0v) is 11.0. The molecule has 1 aromatic carbocycles. The molecule has 98 valence electrons. The highest BCUT2D eigenvalue weighted by atomic mass is 32.1. The van der Waals surface area contributed by atoms with E-state index in [1.165, 1.54) is 35.3 Å². The molecule has 2 aromatic rings. The second-order valence-electron chi connectivity index (χ2n) is 3.85. The van der Waals surface area contributed by atoms with Gasteiger partial charge in [-0.2, -0.15) is 0 Å². The van der Waals surface area contributed by atoms with Crippen LogP contribution < -0.4 is 4.90 Å². The number of anilines is 1. The molecule has 6 nitrogen and oxygen atoms in total. The molecule has 0 aliphatic heterocycles. The highest BCUT2D eigenvalue weighted by Gasteiger charge is 2.15. The van der Waals surface area contributed by atoms with Crippen molar-refractivity contribution in [2.45, 2.75) is 13.5 Å². The van der Waals surface area contributed by atoms with Crippen LogP contribution in [0.1, 0.15) is 12.5 Å². The van der Waals surface area contributed by atoms with E-state index in [2.05, 4.69) is 4.98 Å². The number of carbonyl (C=O) groups excluding carboxylic acids is 1. The minimum Gasteiger partial charge on any atom is -0.284 e. The van der Waals surface area contributed by atoms with Crippen molar-refractivity contribution >= 4 is 28.1 Å². The zero-order chi connectivity index (χ0) is 13.8. The van der Waals surface area contributed by atoms with Gasteiger partial charge in [0.15, 0.2) is 5.13 Å². The Hall–Kier alpha value is -2.28. The first-order chi connectivity index (χ1) is 9.08. The van der Waals surface area contributed by atoms with Crippen molar-refractivity contribution in [3.8, 4) is 0 Å². The van der Waals surface area contributed by atoms with Gasteiger partial charge in [0.25, 0.3) is 5.69 Å². The molecule has 0 aliphatic carbocycles. The summed E-state index contributed by atoms with van der Waals surface area (Å²) in [5.41, 5.74) is 0.708. The largest absolute Gasteiger partial charge is 0.284 e. The number of hydrogen-bond acceptors (Lipinski definition) is 5.